The number of hydrogen-bond acceptors (Lipinski definition) is 3. The minimum Gasteiger partial charge on any atom is -0.478 e. The van der Waals surface area contributed by atoms with Crippen LogP contribution < -0.4 is 10.6 Å². The monoisotopic (exact) mass is 312 g/mol. The highest BCUT2D eigenvalue weighted by molar-refractivity contribution is 5.95. The zero-order valence-corrected chi connectivity index (χ0v) is 12.5. The van der Waals surface area contributed by atoms with Gasteiger partial charge in [-0.25, -0.2) is 4.79 Å². The number of hydrogen-bond donors (Lipinski definition) is 3. The van der Waals surface area contributed by atoms with Crippen LogP contribution in [-0.4, -0.2) is 22.9 Å². The SMILES string of the molecule is CC(=O)Nc1ccc(C(=O)NCc2ccc(C(=O)O)cc2)cc1. The van der Waals surface area contributed by atoms with Gasteiger partial charge in [-0.2, -0.15) is 0 Å². The predicted molar refractivity (Wildman–Crippen MR) is 85.3 cm³/mol. The lowest BCUT2D eigenvalue weighted by Gasteiger charge is -2.07. The summed E-state index contributed by atoms with van der Waals surface area (Å²) in [5.41, 5.74) is 2.10. The summed E-state index contributed by atoms with van der Waals surface area (Å²) in [7, 11) is 0. The van der Waals surface area contributed by atoms with Gasteiger partial charge in [0.15, 0.2) is 0 Å². The van der Waals surface area contributed by atoms with Crippen molar-refractivity contribution < 1.29 is 19.5 Å². The Kier molecular flexibility index (Phi) is 5.09. The van der Waals surface area contributed by atoms with E-state index in [0.29, 0.717) is 17.8 Å². The fourth-order valence-corrected chi connectivity index (χ4v) is 1.96. The van der Waals surface area contributed by atoms with Crippen molar-refractivity contribution in [2.75, 3.05) is 5.32 Å². The van der Waals surface area contributed by atoms with Crippen LogP contribution in [0.3, 0.4) is 0 Å². The molecule has 0 unspecified atom stereocenters. The molecule has 23 heavy (non-hydrogen) atoms. The van der Waals surface area contributed by atoms with Gasteiger partial charge in [0, 0.05) is 24.7 Å². The van der Waals surface area contributed by atoms with Crippen molar-refractivity contribution in [2.45, 2.75) is 13.5 Å². The summed E-state index contributed by atoms with van der Waals surface area (Å²) in [6, 6.07) is 12.8. The summed E-state index contributed by atoms with van der Waals surface area (Å²) in [6.45, 7) is 1.71. The maximum Gasteiger partial charge on any atom is 0.335 e. The molecule has 2 aromatic carbocycles. The lowest BCUT2D eigenvalue weighted by Crippen LogP contribution is -2.22. The average Bonchev–Trinajstić information content (AvgIpc) is 2.53. The van der Waals surface area contributed by atoms with Crippen LogP contribution in [0.5, 0.6) is 0 Å². The summed E-state index contributed by atoms with van der Waals surface area (Å²) in [5.74, 6) is -1.41. The van der Waals surface area contributed by atoms with Crippen LogP contribution in [0.15, 0.2) is 48.5 Å². The third-order valence-corrected chi connectivity index (χ3v) is 3.12. The number of carboxylic acids is 1. The van der Waals surface area contributed by atoms with Crippen molar-refractivity contribution in [1.82, 2.24) is 5.32 Å². The minimum atomic E-state index is -0.986. The lowest BCUT2D eigenvalue weighted by atomic mass is 10.1. The molecule has 0 saturated carbocycles. The number of benzene rings is 2. The number of amides is 2. The molecule has 118 valence electrons. The van der Waals surface area contributed by atoms with E-state index in [0.717, 1.165) is 5.56 Å². The third kappa shape index (κ3) is 4.67. The average molecular weight is 312 g/mol. The molecular formula is C17H16N2O4. The van der Waals surface area contributed by atoms with E-state index >= 15 is 0 Å². The first kappa shape index (κ1) is 16.2. The molecular weight excluding hydrogens is 296 g/mol. The molecule has 6 heteroatoms. The first-order valence-corrected chi connectivity index (χ1v) is 6.94. The van der Waals surface area contributed by atoms with Crippen LogP contribution in [0.4, 0.5) is 5.69 Å². The Morgan fingerprint density at radius 1 is 0.913 bits per heavy atom. The molecule has 2 aromatic rings. The van der Waals surface area contributed by atoms with Crippen molar-refractivity contribution in [1.29, 1.82) is 0 Å². The number of rotatable bonds is 5. The normalized spacial score (nSPS) is 9.96. The molecule has 0 radical (unpaired) electrons. The van der Waals surface area contributed by atoms with Crippen molar-refractivity contribution >= 4 is 23.5 Å². The van der Waals surface area contributed by atoms with E-state index in [4.69, 9.17) is 5.11 Å². The minimum absolute atomic E-state index is 0.174. The van der Waals surface area contributed by atoms with Gasteiger partial charge < -0.3 is 15.7 Å². The van der Waals surface area contributed by atoms with Gasteiger partial charge in [-0.15, -0.1) is 0 Å². The Hall–Kier alpha value is -3.15. The van der Waals surface area contributed by atoms with E-state index in [1.54, 1.807) is 36.4 Å². The van der Waals surface area contributed by atoms with Crippen molar-refractivity contribution in [3.05, 3.63) is 65.2 Å². The van der Waals surface area contributed by atoms with Crippen LogP contribution in [-0.2, 0) is 11.3 Å². The van der Waals surface area contributed by atoms with Gasteiger partial charge in [0.25, 0.3) is 5.91 Å². The van der Waals surface area contributed by atoms with Gasteiger partial charge in [-0.1, -0.05) is 12.1 Å². The van der Waals surface area contributed by atoms with Crippen LogP contribution >= 0.6 is 0 Å². The highest BCUT2D eigenvalue weighted by Crippen LogP contribution is 2.10. The molecule has 0 aliphatic carbocycles. The summed E-state index contributed by atoms with van der Waals surface area (Å²) in [5, 5.41) is 14.2. The van der Waals surface area contributed by atoms with E-state index in [1.807, 2.05) is 0 Å². The number of carboxylic acid groups (broad SMARTS) is 1. The topological polar surface area (TPSA) is 95.5 Å². The number of aromatic carboxylic acids is 1. The van der Waals surface area contributed by atoms with E-state index in [-0.39, 0.29) is 17.4 Å². The predicted octanol–water partition coefficient (Wildman–Crippen LogP) is 2.27. The summed E-state index contributed by atoms with van der Waals surface area (Å²) in [6.07, 6.45) is 0. The lowest BCUT2D eigenvalue weighted by molar-refractivity contribution is -0.114. The van der Waals surface area contributed by atoms with Crippen molar-refractivity contribution in [3.8, 4) is 0 Å². The molecule has 0 fully saturated rings. The number of carbonyl (C=O) groups excluding carboxylic acids is 2. The molecule has 6 nitrogen and oxygen atoms in total. The third-order valence-electron chi connectivity index (χ3n) is 3.12. The van der Waals surface area contributed by atoms with Gasteiger partial charge in [0.05, 0.1) is 5.56 Å². The highest BCUT2D eigenvalue weighted by Gasteiger charge is 2.06. The molecule has 0 bridgehead atoms. The molecule has 2 rings (SSSR count). The van der Waals surface area contributed by atoms with Crippen LogP contribution in [0.2, 0.25) is 0 Å². The Labute approximate surface area is 133 Å². The summed E-state index contributed by atoms with van der Waals surface area (Å²) in [4.78, 5) is 33.7. The standard InChI is InChI=1S/C17H16N2O4/c1-11(20)19-15-8-6-13(7-9-15)16(21)18-10-12-2-4-14(5-3-12)17(22)23/h2-9H,10H2,1H3,(H,18,21)(H,19,20)(H,22,23). The van der Waals surface area contributed by atoms with Crippen molar-refractivity contribution in [3.63, 3.8) is 0 Å². The molecule has 0 aromatic heterocycles. The zero-order valence-electron chi connectivity index (χ0n) is 12.5. The van der Waals surface area contributed by atoms with Crippen molar-refractivity contribution in [2.24, 2.45) is 0 Å². The molecule has 0 heterocycles. The van der Waals surface area contributed by atoms with Crippen LogP contribution in [0.1, 0.15) is 33.2 Å². The Morgan fingerprint density at radius 2 is 1.48 bits per heavy atom. The van der Waals surface area contributed by atoms with E-state index in [2.05, 4.69) is 10.6 Å². The molecule has 0 saturated heterocycles. The first-order chi connectivity index (χ1) is 11.0. The van der Waals surface area contributed by atoms with Gasteiger partial charge in [0.2, 0.25) is 5.91 Å². The zero-order chi connectivity index (χ0) is 16.8. The molecule has 0 spiro atoms. The molecule has 0 atom stereocenters. The number of anilines is 1. The second kappa shape index (κ2) is 7.22. The largest absolute Gasteiger partial charge is 0.478 e. The van der Waals surface area contributed by atoms with E-state index < -0.39 is 5.97 Å². The fourth-order valence-electron chi connectivity index (χ4n) is 1.96. The van der Waals surface area contributed by atoms with Gasteiger partial charge in [-0.05, 0) is 42.0 Å². The first-order valence-electron chi connectivity index (χ1n) is 6.94. The van der Waals surface area contributed by atoms with Gasteiger partial charge in [-0.3, -0.25) is 9.59 Å². The van der Waals surface area contributed by atoms with Crippen LogP contribution in [0, 0.1) is 0 Å². The number of carbonyl (C=O) groups is 3. The quantitative estimate of drug-likeness (QED) is 0.789. The Morgan fingerprint density at radius 3 is 2.00 bits per heavy atom. The van der Waals surface area contributed by atoms with Gasteiger partial charge in [0.1, 0.15) is 0 Å². The second-order valence-electron chi connectivity index (χ2n) is 4.94. The Balaban J connectivity index is 1.93. The summed E-state index contributed by atoms with van der Waals surface area (Å²) < 4.78 is 0. The fraction of sp³-hybridized carbons (Fsp3) is 0.118. The maximum absolute atomic E-state index is 12.0. The summed E-state index contributed by atoms with van der Waals surface area (Å²) >= 11 is 0. The molecule has 2 amide bonds. The second-order valence-corrected chi connectivity index (χ2v) is 4.94. The maximum atomic E-state index is 12.0. The molecule has 0 aliphatic rings. The smallest absolute Gasteiger partial charge is 0.335 e. The molecule has 3 N–H and O–H groups in total. The number of nitrogens with one attached hydrogen (secondary N) is 2. The van der Waals surface area contributed by atoms with Crippen LogP contribution in [0.25, 0.3) is 0 Å². The molecule has 0 aliphatic heterocycles. The van der Waals surface area contributed by atoms with E-state index in [1.165, 1.54) is 19.1 Å². The van der Waals surface area contributed by atoms with Gasteiger partial charge >= 0.3 is 5.97 Å². The highest BCUT2D eigenvalue weighted by atomic mass is 16.4. The van der Waals surface area contributed by atoms with E-state index in [9.17, 15) is 14.4 Å². The Bertz CT molecular complexity index is 721.